The number of aromatic carboxylic acids is 1. The molecule has 0 saturated carbocycles. The summed E-state index contributed by atoms with van der Waals surface area (Å²) < 4.78 is 0.804. The highest BCUT2D eigenvalue weighted by Gasteiger charge is 2.40. The molecule has 3 atom stereocenters. The van der Waals surface area contributed by atoms with Crippen LogP contribution in [0.5, 0.6) is 0 Å². The maximum Gasteiger partial charge on any atom is 0.337 e. The van der Waals surface area contributed by atoms with Crippen molar-refractivity contribution in [2.75, 3.05) is 5.32 Å². The van der Waals surface area contributed by atoms with Crippen LogP contribution >= 0.6 is 15.9 Å². The van der Waals surface area contributed by atoms with Gasteiger partial charge in [0.25, 0.3) is 0 Å². The molecule has 0 spiro atoms. The highest BCUT2D eigenvalue weighted by atomic mass is 79.9. The van der Waals surface area contributed by atoms with E-state index >= 15 is 0 Å². The zero-order valence-electron chi connectivity index (χ0n) is 16.7. The van der Waals surface area contributed by atoms with Gasteiger partial charge in [-0.15, -0.1) is 0 Å². The standard InChI is InChI=1S/C27H20BrNO2/c28-17-13-22-20-10-5-11-21(20)26(29-25(22)23(14-17)27(30)31)24-18-8-3-1-6-15(18)12-16-7-2-4-9-19(16)24/h1-10,12-14,20-21,26,29H,11H2,(H,30,31)/t20-,21+,26-/m1/s1. The van der Waals surface area contributed by atoms with Crippen LogP contribution in [-0.4, -0.2) is 11.1 Å². The fourth-order valence-corrected chi connectivity index (χ4v) is 5.98. The van der Waals surface area contributed by atoms with Gasteiger partial charge in [0, 0.05) is 10.4 Å². The fourth-order valence-electron chi connectivity index (χ4n) is 5.50. The van der Waals surface area contributed by atoms with Crippen molar-refractivity contribution in [3.8, 4) is 0 Å². The lowest BCUT2D eigenvalue weighted by Crippen LogP contribution is -2.30. The molecular weight excluding hydrogens is 450 g/mol. The quantitative estimate of drug-likeness (QED) is 0.239. The van der Waals surface area contributed by atoms with Crippen LogP contribution in [0.4, 0.5) is 5.69 Å². The minimum atomic E-state index is -0.910. The van der Waals surface area contributed by atoms with Crippen LogP contribution in [0, 0.1) is 5.92 Å². The molecule has 2 aliphatic rings. The molecule has 152 valence electrons. The van der Waals surface area contributed by atoms with Gasteiger partial charge in [0.05, 0.1) is 17.3 Å². The van der Waals surface area contributed by atoms with Crippen molar-refractivity contribution >= 4 is 49.1 Å². The van der Waals surface area contributed by atoms with Crippen molar-refractivity contribution in [2.24, 2.45) is 5.92 Å². The maximum absolute atomic E-state index is 12.1. The number of carboxylic acids is 1. The Morgan fingerprint density at radius 2 is 1.65 bits per heavy atom. The third-order valence-electron chi connectivity index (χ3n) is 6.79. The molecule has 0 fully saturated rings. The minimum Gasteiger partial charge on any atom is -0.478 e. The molecule has 0 radical (unpaired) electrons. The summed E-state index contributed by atoms with van der Waals surface area (Å²) in [6.07, 6.45) is 5.46. The molecule has 1 heterocycles. The number of hydrogen-bond donors (Lipinski definition) is 2. The Kier molecular flexibility index (Phi) is 4.19. The first-order chi connectivity index (χ1) is 15.1. The van der Waals surface area contributed by atoms with E-state index in [1.165, 1.54) is 27.1 Å². The molecule has 1 aliphatic heterocycles. The second-order valence-corrected chi connectivity index (χ2v) is 9.35. The molecular formula is C27H20BrNO2. The molecule has 31 heavy (non-hydrogen) atoms. The Bertz CT molecular complexity index is 1350. The van der Waals surface area contributed by atoms with Gasteiger partial charge in [0.15, 0.2) is 0 Å². The van der Waals surface area contributed by atoms with E-state index < -0.39 is 5.97 Å². The molecule has 2 N–H and O–H groups in total. The van der Waals surface area contributed by atoms with Crippen LogP contribution in [0.3, 0.4) is 0 Å². The number of rotatable bonds is 2. The van der Waals surface area contributed by atoms with E-state index in [9.17, 15) is 9.90 Å². The van der Waals surface area contributed by atoms with E-state index in [0.29, 0.717) is 11.5 Å². The summed E-state index contributed by atoms with van der Waals surface area (Å²) >= 11 is 3.52. The third kappa shape index (κ3) is 2.82. The highest BCUT2D eigenvalue weighted by molar-refractivity contribution is 9.10. The van der Waals surface area contributed by atoms with Crippen LogP contribution < -0.4 is 5.32 Å². The van der Waals surface area contributed by atoms with Crippen molar-refractivity contribution in [3.05, 3.63) is 100 Å². The molecule has 0 saturated heterocycles. The maximum atomic E-state index is 12.1. The summed E-state index contributed by atoms with van der Waals surface area (Å²) in [4.78, 5) is 12.1. The Hall–Kier alpha value is -3.11. The number of fused-ring (bicyclic) bond motifs is 5. The lowest BCUT2D eigenvalue weighted by atomic mass is 9.74. The molecule has 0 amide bonds. The predicted molar refractivity (Wildman–Crippen MR) is 129 cm³/mol. The van der Waals surface area contributed by atoms with E-state index in [4.69, 9.17) is 0 Å². The van der Waals surface area contributed by atoms with E-state index in [1.54, 1.807) is 6.07 Å². The Morgan fingerprint density at radius 1 is 0.968 bits per heavy atom. The van der Waals surface area contributed by atoms with Crippen LogP contribution in [0.15, 0.2) is 83.4 Å². The van der Waals surface area contributed by atoms with Crippen molar-refractivity contribution in [3.63, 3.8) is 0 Å². The molecule has 3 nitrogen and oxygen atoms in total. The van der Waals surface area contributed by atoms with Gasteiger partial charge in [0.1, 0.15) is 0 Å². The van der Waals surface area contributed by atoms with Gasteiger partial charge in [-0.3, -0.25) is 0 Å². The topological polar surface area (TPSA) is 49.3 Å². The number of anilines is 1. The number of nitrogens with one attached hydrogen (secondary N) is 1. The first kappa shape index (κ1) is 18.6. The van der Waals surface area contributed by atoms with Crippen molar-refractivity contribution < 1.29 is 9.90 Å². The van der Waals surface area contributed by atoms with Gasteiger partial charge in [-0.05, 0) is 63.2 Å². The number of carboxylic acid groups (broad SMARTS) is 1. The van der Waals surface area contributed by atoms with E-state index in [0.717, 1.165) is 22.1 Å². The molecule has 6 rings (SSSR count). The molecule has 1 aliphatic carbocycles. The van der Waals surface area contributed by atoms with Gasteiger partial charge in [-0.2, -0.15) is 0 Å². The predicted octanol–water partition coefficient (Wildman–Crippen LogP) is 7.28. The smallest absolute Gasteiger partial charge is 0.337 e. The van der Waals surface area contributed by atoms with Crippen LogP contribution in [0.1, 0.15) is 39.9 Å². The van der Waals surface area contributed by atoms with Crippen molar-refractivity contribution in [1.29, 1.82) is 0 Å². The van der Waals surface area contributed by atoms with Crippen molar-refractivity contribution in [1.82, 2.24) is 0 Å². The summed E-state index contributed by atoms with van der Waals surface area (Å²) in [7, 11) is 0. The first-order valence-electron chi connectivity index (χ1n) is 10.5. The third-order valence-corrected chi connectivity index (χ3v) is 7.25. The van der Waals surface area contributed by atoms with Crippen LogP contribution in [0.25, 0.3) is 21.5 Å². The zero-order chi connectivity index (χ0) is 21.1. The van der Waals surface area contributed by atoms with Gasteiger partial charge < -0.3 is 10.4 Å². The van der Waals surface area contributed by atoms with Crippen LogP contribution in [-0.2, 0) is 0 Å². The number of carbonyl (C=O) groups is 1. The molecule has 4 heteroatoms. The Balaban J connectivity index is 1.65. The zero-order valence-corrected chi connectivity index (χ0v) is 18.3. The van der Waals surface area contributed by atoms with Gasteiger partial charge in [-0.25, -0.2) is 4.79 Å². The average molecular weight is 470 g/mol. The second-order valence-electron chi connectivity index (χ2n) is 8.43. The lowest BCUT2D eigenvalue weighted by Gasteiger charge is -2.39. The molecule has 0 aromatic heterocycles. The fraction of sp³-hybridized carbons (Fsp3) is 0.148. The van der Waals surface area contributed by atoms with Crippen LogP contribution in [0.2, 0.25) is 0 Å². The lowest BCUT2D eigenvalue weighted by molar-refractivity contribution is 0.0697. The van der Waals surface area contributed by atoms with E-state index in [1.807, 2.05) is 0 Å². The Morgan fingerprint density at radius 3 is 2.32 bits per heavy atom. The minimum absolute atomic E-state index is 0.0165. The van der Waals surface area contributed by atoms with Gasteiger partial charge >= 0.3 is 5.97 Å². The number of hydrogen-bond acceptors (Lipinski definition) is 2. The van der Waals surface area contributed by atoms with Gasteiger partial charge in [-0.1, -0.05) is 76.6 Å². The summed E-state index contributed by atoms with van der Waals surface area (Å²) in [5.41, 5.74) is 3.38. The van der Waals surface area contributed by atoms with E-state index in [2.05, 4.69) is 94.1 Å². The number of benzene rings is 4. The monoisotopic (exact) mass is 469 g/mol. The average Bonchev–Trinajstić information content (AvgIpc) is 3.27. The summed E-state index contributed by atoms with van der Waals surface area (Å²) in [5.74, 6) is -0.390. The second kappa shape index (κ2) is 6.96. The normalized spacial score (nSPS) is 21.6. The summed E-state index contributed by atoms with van der Waals surface area (Å²) in [6, 6.07) is 23.0. The Labute approximate surface area is 188 Å². The van der Waals surface area contributed by atoms with Crippen molar-refractivity contribution in [2.45, 2.75) is 18.4 Å². The number of halogens is 1. The molecule has 4 aromatic rings. The summed E-state index contributed by atoms with van der Waals surface area (Å²) in [5, 5.41) is 18.5. The summed E-state index contributed by atoms with van der Waals surface area (Å²) in [6.45, 7) is 0. The SMILES string of the molecule is O=C(O)c1cc(Br)cc2c1N[C@@H](c1c3ccccc3cc3ccccc13)[C@H]1CC=C[C@@H]21. The first-order valence-corrected chi connectivity index (χ1v) is 11.3. The van der Waals surface area contributed by atoms with E-state index in [-0.39, 0.29) is 12.0 Å². The largest absolute Gasteiger partial charge is 0.478 e. The number of allylic oxidation sites excluding steroid dienone is 2. The molecule has 4 aromatic carbocycles. The van der Waals surface area contributed by atoms with Gasteiger partial charge in [0.2, 0.25) is 0 Å². The molecule has 0 unspecified atom stereocenters. The highest BCUT2D eigenvalue weighted by Crippen LogP contribution is 2.53. The molecule has 0 bridgehead atoms.